The van der Waals surface area contributed by atoms with Crippen LogP contribution in [0.2, 0.25) is 0 Å². The maximum Gasteiger partial charge on any atom is 0.232 e. The summed E-state index contributed by atoms with van der Waals surface area (Å²) >= 11 is 0. The summed E-state index contributed by atoms with van der Waals surface area (Å²) < 4.78 is 0. The van der Waals surface area contributed by atoms with Crippen molar-refractivity contribution in [3.8, 4) is 0 Å². The molecule has 3 nitrogen and oxygen atoms in total. The smallest absolute Gasteiger partial charge is 0.232 e. The Morgan fingerprint density at radius 2 is 1.88 bits per heavy atom. The van der Waals surface area contributed by atoms with Crippen LogP contribution in [0.3, 0.4) is 0 Å². The van der Waals surface area contributed by atoms with E-state index in [0.29, 0.717) is 6.42 Å². The first-order valence-electron chi connectivity index (χ1n) is 5.77. The lowest BCUT2D eigenvalue weighted by atomic mass is 10.0. The molecule has 0 spiro atoms. The summed E-state index contributed by atoms with van der Waals surface area (Å²) in [4.78, 5) is 18.3. The van der Waals surface area contributed by atoms with Gasteiger partial charge in [0.05, 0.1) is 11.4 Å². The number of carbonyl (C=O) groups excluding carboxylic acids is 1. The normalized spacial score (nSPS) is 17.3. The van der Waals surface area contributed by atoms with Gasteiger partial charge in [-0.1, -0.05) is 24.3 Å². The summed E-state index contributed by atoms with van der Waals surface area (Å²) in [5, 5.41) is 2.23. The van der Waals surface area contributed by atoms with Gasteiger partial charge >= 0.3 is 0 Å². The molecule has 4 rings (SSSR count). The molecule has 1 saturated heterocycles. The molecule has 0 saturated carbocycles. The van der Waals surface area contributed by atoms with E-state index >= 15 is 0 Å². The quantitative estimate of drug-likeness (QED) is 0.674. The second-order valence-corrected chi connectivity index (χ2v) is 4.41. The molecule has 2 aromatic rings. The third kappa shape index (κ3) is 1.06. The average Bonchev–Trinajstić information content (AvgIpc) is 2.72. The zero-order valence-electron chi connectivity index (χ0n) is 9.18. The van der Waals surface area contributed by atoms with Gasteiger partial charge in [0.2, 0.25) is 5.91 Å². The molecule has 1 fully saturated rings. The van der Waals surface area contributed by atoms with Gasteiger partial charge in [0.25, 0.3) is 0 Å². The van der Waals surface area contributed by atoms with E-state index < -0.39 is 0 Å². The third-order valence-electron chi connectivity index (χ3n) is 3.42. The Balaban J connectivity index is 2.16. The molecule has 82 valence electrons. The Bertz CT molecular complexity index is 682. The van der Waals surface area contributed by atoms with E-state index in [9.17, 15) is 4.79 Å². The van der Waals surface area contributed by atoms with Gasteiger partial charge in [-0.05, 0) is 17.5 Å². The molecule has 1 amide bonds. The highest BCUT2D eigenvalue weighted by molar-refractivity contribution is 6.28. The van der Waals surface area contributed by atoms with Gasteiger partial charge in [-0.15, -0.1) is 0 Å². The van der Waals surface area contributed by atoms with Crippen molar-refractivity contribution in [2.75, 3.05) is 4.90 Å². The van der Waals surface area contributed by atoms with Crippen LogP contribution in [0.5, 0.6) is 0 Å². The van der Waals surface area contributed by atoms with Crippen molar-refractivity contribution in [1.82, 2.24) is 0 Å². The molecule has 2 aliphatic heterocycles. The molecule has 3 heteroatoms. The topological polar surface area (TPSA) is 32.7 Å². The highest BCUT2D eigenvalue weighted by Gasteiger charge is 2.32. The largest absolute Gasteiger partial charge is 0.274 e. The van der Waals surface area contributed by atoms with Gasteiger partial charge in [0.1, 0.15) is 5.84 Å². The number of aliphatic imine (C=N–C) groups is 1. The van der Waals surface area contributed by atoms with Crippen molar-refractivity contribution < 1.29 is 4.79 Å². The van der Waals surface area contributed by atoms with E-state index in [-0.39, 0.29) is 5.91 Å². The van der Waals surface area contributed by atoms with Crippen LogP contribution >= 0.6 is 0 Å². The molecule has 0 bridgehead atoms. The van der Waals surface area contributed by atoms with Gasteiger partial charge in [-0.25, -0.2) is 4.99 Å². The number of hydrogen-bond acceptors (Lipinski definition) is 2. The minimum Gasteiger partial charge on any atom is -0.274 e. The zero-order valence-corrected chi connectivity index (χ0v) is 9.18. The predicted octanol–water partition coefficient (Wildman–Crippen LogP) is 3.01. The maximum absolute atomic E-state index is 11.9. The number of fused-ring (bicyclic) bond motifs is 2. The Labute approximate surface area is 98.4 Å². The van der Waals surface area contributed by atoms with Crippen molar-refractivity contribution >= 4 is 33.9 Å². The number of hydrogen-bond donors (Lipinski definition) is 0. The first-order valence-corrected chi connectivity index (χ1v) is 5.77. The number of anilines is 1. The van der Waals surface area contributed by atoms with E-state index in [0.717, 1.165) is 34.4 Å². The Morgan fingerprint density at radius 1 is 1.06 bits per heavy atom. The molecular formula is C14H10N2O. The minimum atomic E-state index is 0.158. The van der Waals surface area contributed by atoms with Crippen molar-refractivity contribution in [2.24, 2.45) is 4.99 Å². The monoisotopic (exact) mass is 222 g/mol. The predicted molar refractivity (Wildman–Crippen MR) is 67.8 cm³/mol. The minimum absolute atomic E-state index is 0.158. The van der Waals surface area contributed by atoms with Crippen LogP contribution in [0.1, 0.15) is 12.8 Å². The Hall–Kier alpha value is -2.16. The highest BCUT2D eigenvalue weighted by atomic mass is 16.2. The molecule has 0 radical (unpaired) electrons. The van der Waals surface area contributed by atoms with Crippen LogP contribution in [0, 0.1) is 0 Å². The lowest BCUT2D eigenvalue weighted by molar-refractivity contribution is -0.116. The van der Waals surface area contributed by atoms with Gasteiger partial charge in [-0.3, -0.25) is 9.69 Å². The second kappa shape index (κ2) is 2.94. The van der Waals surface area contributed by atoms with E-state index in [1.165, 1.54) is 0 Å². The van der Waals surface area contributed by atoms with Crippen LogP contribution in [0.15, 0.2) is 41.4 Å². The maximum atomic E-state index is 11.9. The lowest BCUT2D eigenvalue weighted by Crippen LogP contribution is -2.30. The summed E-state index contributed by atoms with van der Waals surface area (Å²) in [6, 6.07) is 12.1. The van der Waals surface area contributed by atoms with Crippen molar-refractivity contribution in [3.05, 3.63) is 36.4 Å². The number of rotatable bonds is 0. The number of carbonyl (C=O) groups is 1. The fourth-order valence-corrected chi connectivity index (χ4v) is 2.69. The molecule has 2 heterocycles. The number of benzene rings is 2. The van der Waals surface area contributed by atoms with Crippen LogP contribution in [0.4, 0.5) is 11.4 Å². The summed E-state index contributed by atoms with van der Waals surface area (Å²) in [6.07, 6.45) is 1.33. The van der Waals surface area contributed by atoms with Gasteiger partial charge in [0.15, 0.2) is 0 Å². The van der Waals surface area contributed by atoms with Crippen molar-refractivity contribution in [2.45, 2.75) is 12.8 Å². The Kier molecular flexibility index (Phi) is 1.55. The van der Waals surface area contributed by atoms with E-state index in [2.05, 4.69) is 17.1 Å². The van der Waals surface area contributed by atoms with E-state index in [4.69, 9.17) is 0 Å². The summed E-state index contributed by atoms with van der Waals surface area (Å²) in [7, 11) is 0. The van der Waals surface area contributed by atoms with Crippen molar-refractivity contribution in [3.63, 3.8) is 0 Å². The van der Waals surface area contributed by atoms with Crippen molar-refractivity contribution in [1.29, 1.82) is 0 Å². The molecular weight excluding hydrogens is 212 g/mol. The van der Waals surface area contributed by atoms with Crippen LogP contribution in [-0.4, -0.2) is 11.7 Å². The van der Waals surface area contributed by atoms with E-state index in [1.54, 1.807) is 4.90 Å². The number of amides is 1. The molecule has 2 aliphatic rings. The van der Waals surface area contributed by atoms with Crippen LogP contribution in [-0.2, 0) is 4.79 Å². The number of nitrogens with zero attached hydrogens (tertiary/aromatic N) is 2. The van der Waals surface area contributed by atoms with Gasteiger partial charge < -0.3 is 0 Å². The molecule has 0 aromatic heterocycles. The van der Waals surface area contributed by atoms with Crippen LogP contribution in [0.25, 0.3) is 10.8 Å². The SMILES string of the molecule is O=C1CCC2=Nc3cccc4cccc(c34)N12. The fourth-order valence-electron chi connectivity index (χ4n) is 2.69. The first kappa shape index (κ1) is 8.93. The Morgan fingerprint density at radius 3 is 2.76 bits per heavy atom. The van der Waals surface area contributed by atoms with Gasteiger partial charge in [0, 0.05) is 18.2 Å². The lowest BCUT2D eigenvalue weighted by Gasteiger charge is -2.24. The standard InChI is InChI=1S/C14H10N2O/c17-13-8-7-12-15-10-5-1-3-9-4-2-6-11(14(9)10)16(12)13/h1-6H,7-8H2. The molecule has 2 aromatic carbocycles. The summed E-state index contributed by atoms with van der Waals surface area (Å²) in [6.45, 7) is 0. The molecule has 17 heavy (non-hydrogen) atoms. The molecule has 0 atom stereocenters. The average molecular weight is 222 g/mol. The molecule has 0 unspecified atom stereocenters. The number of amidine groups is 1. The molecule has 0 aliphatic carbocycles. The van der Waals surface area contributed by atoms with Crippen LogP contribution < -0.4 is 4.90 Å². The fraction of sp³-hybridized carbons (Fsp3) is 0.143. The summed E-state index contributed by atoms with van der Waals surface area (Å²) in [5.41, 5.74) is 1.98. The summed E-state index contributed by atoms with van der Waals surface area (Å²) in [5.74, 6) is 1.05. The van der Waals surface area contributed by atoms with Gasteiger partial charge in [-0.2, -0.15) is 0 Å². The second-order valence-electron chi connectivity index (χ2n) is 4.41. The highest BCUT2D eigenvalue weighted by Crippen LogP contribution is 2.41. The van der Waals surface area contributed by atoms with E-state index in [1.807, 2.05) is 24.3 Å². The molecule has 0 N–H and O–H groups in total. The zero-order chi connectivity index (χ0) is 11.4. The third-order valence-corrected chi connectivity index (χ3v) is 3.42. The first-order chi connectivity index (χ1) is 8.34.